The topological polar surface area (TPSA) is 88.4 Å². The van der Waals surface area contributed by atoms with Gasteiger partial charge in [0.05, 0.1) is 40.0 Å². The van der Waals surface area contributed by atoms with Crippen molar-refractivity contribution in [2.24, 2.45) is 4.99 Å². The molecule has 1 aliphatic heterocycles. The molecule has 5 rings (SSSR count). The lowest BCUT2D eigenvalue weighted by Gasteiger charge is -2.23. The first kappa shape index (κ1) is 32.1. The minimum absolute atomic E-state index is 0.231. The van der Waals surface area contributed by atoms with Crippen molar-refractivity contribution in [2.45, 2.75) is 26.5 Å². The number of nitrogens with zero attached hydrogens (tertiary/aromatic N) is 2. The van der Waals surface area contributed by atoms with Crippen LogP contribution in [0, 0.1) is 3.57 Å². The Bertz CT molecular complexity index is 1940. The molecule has 0 aliphatic carbocycles. The number of esters is 1. The van der Waals surface area contributed by atoms with Gasteiger partial charge in [0.2, 0.25) is 0 Å². The number of hydrogen-bond acceptors (Lipinski definition) is 8. The number of carbonyl (C=O) groups excluding carboxylic acids is 1. The molecule has 0 saturated heterocycles. The van der Waals surface area contributed by atoms with Crippen molar-refractivity contribution in [1.82, 2.24) is 4.57 Å². The van der Waals surface area contributed by atoms with Gasteiger partial charge in [0.25, 0.3) is 5.56 Å². The fourth-order valence-corrected chi connectivity index (χ4v) is 6.78. The van der Waals surface area contributed by atoms with Crippen LogP contribution in [0.15, 0.2) is 76.2 Å². The van der Waals surface area contributed by atoms with Gasteiger partial charge >= 0.3 is 5.97 Å². The quantitative estimate of drug-likeness (QED) is 0.139. The third kappa shape index (κ3) is 6.83. The number of fused-ring (bicyclic) bond motifs is 1. The second kappa shape index (κ2) is 14.2. The highest BCUT2D eigenvalue weighted by atomic mass is 127. The summed E-state index contributed by atoms with van der Waals surface area (Å²) in [5.74, 6) is 1.20. The van der Waals surface area contributed by atoms with E-state index >= 15 is 0 Å². The summed E-state index contributed by atoms with van der Waals surface area (Å²) in [6.45, 7) is 4.93. The van der Waals surface area contributed by atoms with Crippen LogP contribution in [-0.2, 0) is 16.1 Å². The van der Waals surface area contributed by atoms with Gasteiger partial charge in [-0.15, -0.1) is 0 Å². The van der Waals surface area contributed by atoms with Crippen LogP contribution in [0.1, 0.15) is 36.6 Å². The molecule has 1 aliphatic rings. The largest absolute Gasteiger partial charge is 0.490 e. The van der Waals surface area contributed by atoms with Gasteiger partial charge in [-0.25, -0.2) is 9.79 Å². The van der Waals surface area contributed by atoms with Crippen LogP contribution < -0.4 is 29.1 Å². The first-order valence-electron chi connectivity index (χ1n) is 13.6. The lowest BCUT2D eigenvalue weighted by Crippen LogP contribution is -2.39. The van der Waals surface area contributed by atoms with Gasteiger partial charge in [0, 0.05) is 21.8 Å². The van der Waals surface area contributed by atoms with E-state index < -0.39 is 12.0 Å². The molecule has 8 nitrogen and oxygen atoms in total. The van der Waals surface area contributed by atoms with E-state index in [9.17, 15) is 9.59 Å². The summed E-state index contributed by atoms with van der Waals surface area (Å²) in [4.78, 5) is 31.7. The van der Waals surface area contributed by atoms with E-state index in [4.69, 9.17) is 42.1 Å². The van der Waals surface area contributed by atoms with Gasteiger partial charge in [-0.3, -0.25) is 9.36 Å². The Morgan fingerprint density at radius 2 is 1.75 bits per heavy atom. The minimum atomic E-state index is -0.772. The molecule has 2 heterocycles. The van der Waals surface area contributed by atoms with Crippen molar-refractivity contribution in [3.05, 3.63) is 116 Å². The molecule has 1 aromatic heterocycles. The predicted octanol–water partition coefficient (Wildman–Crippen LogP) is 6.31. The van der Waals surface area contributed by atoms with Gasteiger partial charge in [-0.05, 0) is 90.0 Å². The summed E-state index contributed by atoms with van der Waals surface area (Å²) in [7, 11) is 1.30. The summed E-state index contributed by atoms with van der Waals surface area (Å²) in [6, 6.07) is 15.5. The number of thiazole rings is 1. The van der Waals surface area contributed by atoms with Crippen molar-refractivity contribution in [2.75, 3.05) is 20.3 Å². The molecule has 44 heavy (non-hydrogen) atoms. The van der Waals surface area contributed by atoms with Gasteiger partial charge in [0.15, 0.2) is 16.3 Å². The SMILES string of the molecule is CCOc1ccc([C@H]2C(C(=O)OC)=CN=c3s/c(=C\c4ccc(OCc5ccc(Cl)cc5Cl)c(I)c4)c(=O)n32)cc1OCC. The summed E-state index contributed by atoms with van der Waals surface area (Å²) in [5, 5.41) is 1.10. The van der Waals surface area contributed by atoms with E-state index in [1.165, 1.54) is 29.2 Å². The lowest BCUT2D eigenvalue weighted by molar-refractivity contribution is -0.136. The van der Waals surface area contributed by atoms with Gasteiger partial charge in [0.1, 0.15) is 12.4 Å². The molecule has 228 valence electrons. The highest BCUT2D eigenvalue weighted by Gasteiger charge is 2.31. The monoisotopic (exact) mass is 764 g/mol. The van der Waals surface area contributed by atoms with Crippen molar-refractivity contribution in [3.63, 3.8) is 0 Å². The Morgan fingerprint density at radius 3 is 2.45 bits per heavy atom. The molecule has 0 fully saturated rings. The molecule has 0 amide bonds. The second-order valence-electron chi connectivity index (χ2n) is 9.46. The molecule has 0 N–H and O–H groups in total. The second-order valence-corrected chi connectivity index (χ2v) is 12.5. The number of aromatic nitrogens is 1. The Kier molecular flexibility index (Phi) is 10.3. The molecule has 12 heteroatoms. The van der Waals surface area contributed by atoms with Gasteiger partial charge in [-0.2, -0.15) is 0 Å². The van der Waals surface area contributed by atoms with Crippen molar-refractivity contribution in [3.8, 4) is 17.2 Å². The van der Waals surface area contributed by atoms with Crippen molar-refractivity contribution in [1.29, 1.82) is 0 Å². The van der Waals surface area contributed by atoms with Crippen molar-refractivity contribution < 1.29 is 23.7 Å². The Hall–Kier alpha value is -3.32. The number of ether oxygens (including phenoxy) is 4. The van der Waals surface area contributed by atoms with Gasteiger partial charge < -0.3 is 18.9 Å². The van der Waals surface area contributed by atoms with Crippen molar-refractivity contribution >= 4 is 69.2 Å². The summed E-state index contributed by atoms with van der Waals surface area (Å²) >= 11 is 15.7. The van der Waals surface area contributed by atoms with Crippen LogP contribution in [-0.4, -0.2) is 30.9 Å². The molecule has 0 spiro atoms. The minimum Gasteiger partial charge on any atom is -0.490 e. The normalized spacial score (nSPS) is 14.4. The molecule has 3 aromatic carbocycles. The Balaban J connectivity index is 1.51. The molecule has 0 saturated carbocycles. The molecule has 1 atom stereocenters. The fourth-order valence-electron chi connectivity index (χ4n) is 4.66. The zero-order valence-electron chi connectivity index (χ0n) is 23.9. The highest BCUT2D eigenvalue weighted by molar-refractivity contribution is 14.1. The van der Waals surface area contributed by atoms with Crippen LogP contribution in [0.4, 0.5) is 0 Å². The third-order valence-electron chi connectivity index (χ3n) is 6.66. The first-order chi connectivity index (χ1) is 21.2. The average molecular weight is 765 g/mol. The van der Waals surface area contributed by atoms with E-state index in [1.54, 1.807) is 30.3 Å². The van der Waals surface area contributed by atoms with Crippen LogP contribution in [0.2, 0.25) is 10.0 Å². The number of benzene rings is 3. The van der Waals surface area contributed by atoms with E-state index in [0.29, 0.717) is 55.4 Å². The predicted molar refractivity (Wildman–Crippen MR) is 180 cm³/mol. The molecule has 0 bridgehead atoms. The number of halogens is 3. The maximum atomic E-state index is 13.9. The molecular weight excluding hydrogens is 738 g/mol. The maximum absolute atomic E-state index is 13.9. The Labute approximate surface area is 281 Å². The van der Waals surface area contributed by atoms with E-state index in [-0.39, 0.29) is 17.7 Å². The molecular formula is C32H27Cl2IN2O6S. The van der Waals surface area contributed by atoms with E-state index in [0.717, 1.165) is 14.7 Å². The highest BCUT2D eigenvalue weighted by Crippen LogP contribution is 2.35. The number of carbonyl (C=O) groups is 1. The Morgan fingerprint density at radius 1 is 1.00 bits per heavy atom. The molecule has 0 unspecified atom stereocenters. The number of methoxy groups -OCH3 is 1. The number of rotatable bonds is 10. The van der Waals surface area contributed by atoms with Crippen LogP contribution in [0.25, 0.3) is 6.08 Å². The van der Waals surface area contributed by atoms with Crippen LogP contribution >= 0.6 is 57.1 Å². The standard InChI is InChI=1S/C32H27Cl2IN2O6S/c1-4-41-26-11-8-19(14-27(26)42-5-2)29-22(31(39)40-3)16-36-32-37(29)30(38)28(44-32)13-18-6-10-25(24(35)12-18)43-17-20-7-9-21(33)15-23(20)34/h6-16,29H,4-5,17H2,1-3H3/b28-13-/t29-/m0/s1. The average Bonchev–Trinajstić information content (AvgIpc) is 3.32. The van der Waals surface area contributed by atoms with E-state index in [2.05, 4.69) is 27.6 Å². The molecule has 4 aromatic rings. The van der Waals surface area contributed by atoms with Crippen LogP contribution in [0.5, 0.6) is 17.2 Å². The smallest absolute Gasteiger partial charge is 0.337 e. The van der Waals surface area contributed by atoms with E-state index in [1.807, 2.05) is 44.2 Å². The summed E-state index contributed by atoms with van der Waals surface area (Å²) < 4.78 is 25.4. The zero-order valence-corrected chi connectivity index (χ0v) is 28.4. The number of hydrogen-bond donors (Lipinski definition) is 0. The third-order valence-corrected chi connectivity index (χ3v) is 9.09. The fraction of sp³-hybridized carbons (Fsp3) is 0.219. The lowest BCUT2D eigenvalue weighted by atomic mass is 9.97. The zero-order chi connectivity index (χ0) is 31.4. The summed E-state index contributed by atoms with van der Waals surface area (Å²) in [6.07, 6.45) is 3.26. The molecule has 0 radical (unpaired) electrons. The maximum Gasteiger partial charge on any atom is 0.337 e. The summed E-state index contributed by atoms with van der Waals surface area (Å²) in [5.41, 5.74) is 2.23. The van der Waals surface area contributed by atoms with Gasteiger partial charge in [-0.1, -0.05) is 52.7 Å². The first-order valence-corrected chi connectivity index (χ1v) is 16.2. The van der Waals surface area contributed by atoms with Crippen LogP contribution in [0.3, 0.4) is 0 Å².